The van der Waals surface area contributed by atoms with Crippen LogP contribution < -0.4 is 10.1 Å². The number of ether oxygens (including phenoxy) is 1. The Balaban J connectivity index is 1.64. The Kier molecular flexibility index (Phi) is 5.64. The SMILES string of the molecule is COc1ccc(CNc2nc3c(S(=O)(=O)c4c(C)cc(C)cc4C)nnn3c3ccccc23)cc1. The lowest BCUT2D eigenvalue weighted by atomic mass is 10.1. The van der Waals surface area contributed by atoms with Gasteiger partial charge in [0, 0.05) is 11.9 Å². The zero-order valence-corrected chi connectivity index (χ0v) is 20.7. The van der Waals surface area contributed by atoms with Gasteiger partial charge < -0.3 is 10.1 Å². The lowest BCUT2D eigenvalue weighted by Crippen LogP contribution is -2.10. The molecule has 2 heterocycles. The minimum Gasteiger partial charge on any atom is -0.497 e. The van der Waals surface area contributed by atoms with Crippen LogP contribution in [-0.2, 0) is 16.4 Å². The predicted molar refractivity (Wildman–Crippen MR) is 135 cm³/mol. The Morgan fingerprint density at radius 3 is 2.34 bits per heavy atom. The second-order valence-corrected chi connectivity index (χ2v) is 10.3. The van der Waals surface area contributed by atoms with Crippen LogP contribution in [0.15, 0.2) is 70.6 Å². The van der Waals surface area contributed by atoms with Gasteiger partial charge in [-0.15, -0.1) is 5.10 Å². The smallest absolute Gasteiger partial charge is 0.230 e. The van der Waals surface area contributed by atoms with Crippen LogP contribution >= 0.6 is 0 Å². The molecule has 8 nitrogen and oxygen atoms in total. The maximum absolute atomic E-state index is 13.8. The molecule has 0 amide bonds. The summed E-state index contributed by atoms with van der Waals surface area (Å²) < 4.78 is 34.2. The highest BCUT2D eigenvalue weighted by Gasteiger charge is 2.30. The van der Waals surface area contributed by atoms with Crippen LogP contribution in [0, 0.1) is 20.8 Å². The van der Waals surface area contributed by atoms with Crippen molar-refractivity contribution in [3.63, 3.8) is 0 Å². The highest BCUT2D eigenvalue weighted by molar-refractivity contribution is 7.91. The molecule has 0 aliphatic heterocycles. The van der Waals surface area contributed by atoms with Gasteiger partial charge in [0.15, 0.2) is 5.65 Å². The summed E-state index contributed by atoms with van der Waals surface area (Å²) in [6, 6.07) is 19.0. The van der Waals surface area contributed by atoms with E-state index in [1.54, 1.807) is 21.0 Å². The van der Waals surface area contributed by atoms with Crippen LogP contribution in [0.1, 0.15) is 22.3 Å². The quantitative estimate of drug-likeness (QED) is 0.372. The van der Waals surface area contributed by atoms with Gasteiger partial charge in [0.2, 0.25) is 14.9 Å². The minimum absolute atomic E-state index is 0.161. The summed E-state index contributed by atoms with van der Waals surface area (Å²) >= 11 is 0. The number of sulfone groups is 1. The van der Waals surface area contributed by atoms with Gasteiger partial charge in [-0.25, -0.2) is 13.4 Å². The first kappa shape index (κ1) is 22.8. The molecule has 0 atom stereocenters. The molecule has 0 fully saturated rings. The third kappa shape index (κ3) is 3.97. The van der Waals surface area contributed by atoms with Crippen molar-refractivity contribution in [2.75, 3.05) is 12.4 Å². The second kappa shape index (κ2) is 8.66. The van der Waals surface area contributed by atoms with Crippen molar-refractivity contribution in [2.24, 2.45) is 0 Å². The lowest BCUT2D eigenvalue weighted by molar-refractivity contribution is 0.414. The van der Waals surface area contributed by atoms with Crippen molar-refractivity contribution in [3.05, 3.63) is 82.9 Å². The molecule has 0 aliphatic carbocycles. The number of para-hydroxylation sites is 1. The molecule has 0 saturated carbocycles. The van der Waals surface area contributed by atoms with Crippen molar-refractivity contribution in [2.45, 2.75) is 37.2 Å². The van der Waals surface area contributed by atoms with Crippen molar-refractivity contribution >= 4 is 32.2 Å². The monoisotopic (exact) mass is 487 g/mol. The Morgan fingerprint density at radius 1 is 0.971 bits per heavy atom. The van der Waals surface area contributed by atoms with Crippen molar-refractivity contribution in [1.82, 2.24) is 19.8 Å². The number of aromatic nitrogens is 4. The molecule has 5 aromatic rings. The third-order valence-corrected chi connectivity index (χ3v) is 7.92. The fourth-order valence-electron chi connectivity index (χ4n) is 4.47. The zero-order chi connectivity index (χ0) is 24.7. The van der Waals surface area contributed by atoms with E-state index in [9.17, 15) is 8.42 Å². The molecular formula is C26H25N5O3S. The molecule has 0 saturated heterocycles. The summed E-state index contributed by atoms with van der Waals surface area (Å²) in [5, 5.41) is 12.3. The molecule has 9 heteroatoms. The first-order valence-electron chi connectivity index (χ1n) is 11.1. The zero-order valence-electron chi connectivity index (χ0n) is 19.9. The fraction of sp³-hybridized carbons (Fsp3) is 0.192. The summed E-state index contributed by atoms with van der Waals surface area (Å²) in [4.78, 5) is 4.95. The normalized spacial score (nSPS) is 11.8. The molecule has 35 heavy (non-hydrogen) atoms. The maximum Gasteiger partial charge on any atom is 0.230 e. The number of rotatable bonds is 6. The van der Waals surface area contributed by atoms with Crippen LogP contribution in [0.3, 0.4) is 0 Å². The Bertz CT molecular complexity index is 1650. The van der Waals surface area contributed by atoms with E-state index in [1.165, 1.54) is 4.52 Å². The second-order valence-electron chi connectivity index (χ2n) is 8.54. The molecule has 178 valence electrons. The summed E-state index contributed by atoms with van der Waals surface area (Å²) in [6.45, 7) is 6.03. The minimum atomic E-state index is -3.96. The van der Waals surface area contributed by atoms with E-state index in [1.807, 2.05) is 67.6 Å². The Hall–Kier alpha value is -3.98. The number of methoxy groups -OCH3 is 1. The molecule has 0 unspecified atom stereocenters. The molecule has 0 bridgehead atoms. The number of benzene rings is 3. The molecular weight excluding hydrogens is 462 g/mol. The van der Waals surface area contributed by atoms with Gasteiger partial charge >= 0.3 is 0 Å². The van der Waals surface area contributed by atoms with Gasteiger partial charge in [0.05, 0.1) is 17.5 Å². The van der Waals surface area contributed by atoms with Gasteiger partial charge in [-0.3, -0.25) is 0 Å². The molecule has 2 aromatic heterocycles. The van der Waals surface area contributed by atoms with Crippen molar-refractivity contribution in [1.29, 1.82) is 0 Å². The van der Waals surface area contributed by atoms with E-state index < -0.39 is 9.84 Å². The Morgan fingerprint density at radius 2 is 1.66 bits per heavy atom. The van der Waals surface area contributed by atoms with Gasteiger partial charge in [-0.1, -0.05) is 47.2 Å². The molecule has 0 radical (unpaired) electrons. The highest BCUT2D eigenvalue weighted by atomic mass is 32.2. The first-order valence-corrected chi connectivity index (χ1v) is 12.6. The van der Waals surface area contributed by atoms with Gasteiger partial charge in [-0.05, 0) is 61.7 Å². The van der Waals surface area contributed by atoms with Crippen molar-refractivity contribution in [3.8, 4) is 5.75 Å². The van der Waals surface area contributed by atoms with Gasteiger partial charge in [-0.2, -0.15) is 4.52 Å². The number of fused-ring (bicyclic) bond motifs is 3. The number of hydrogen-bond acceptors (Lipinski definition) is 7. The van der Waals surface area contributed by atoms with Crippen LogP contribution in [-0.4, -0.2) is 35.3 Å². The standard InChI is InChI=1S/C26H25N5O3S/c1-16-13-17(2)23(18(3)14-16)35(32,33)26-25-28-24(27-15-19-9-11-20(34-4)12-10-19)21-7-5-6-8-22(21)31(25)30-29-26/h5-14H,15H2,1-4H3,(H,27,28). The summed E-state index contributed by atoms with van der Waals surface area (Å²) in [5.74, 6) is 1.33. The summed E-state index contributed by atoms with van der Waals surface area (Å²) in [5.41, 5.74) is 4.26. The van der Waals surface area contributed by atoms with Crippen LogP contribution in [0.4, 0.5) is 5.82 Å². The van der Waals surface area contributed by atoms with E-state index in [0.717, 1.165) is 22.3 Å². The third-order valence-electron chi connectivity index (χ3n) is 5.97. The molecule has 0 aliphatic rings. The van der Waals surface area contributed by atoms with Crippen molar-refractivity contribution < 1.29 is 13.2 Å². The van der Waals surface area contributed by atoms with E-state index in [-0.39, 0.29) is 15.6 Å². The number of nitrogens with one attached hydrogen (secondary N) is 1. The van der Waals surface area contributed by atoms with E-state index in [0.29, 0.717) is 29.0 Å². The average molecular weight is 488 g/mol. The molecule has 5 rings (SSSR count). The van der Waals surface area contributed by atoms with E-state index in [4.69, 9.17) is 9.72 Å². The van der Waals surface area contributed by atoms with Gasteiger partial charge in [0.25, 0.3) is 0 Å². The number of aryl methyl sites for hydroxylation is 3. The largest absolute Gasteiger partial charge is 0.497 e. The van der Waals surface area contributed by atoms with Gasteiger partial charge in [0.1, 0.15) is 11.6 Å². The molecule has 1 N–H and O–H groups in total. The van der Waals surface area contributed by atoms with Crippen LogP contribution in [0.5, 0.6) is 5.75 Å². The fourth-order valence-corrected chi connectivity index (χ4v) is 6.15. The van der Waals surface area contributed by atoms with Crippen LogP contribution in [0.2, 0.25) is 0 Å². The van der Waals surface area contributed by atoms with E-state index >= 15 is 0 Å². The maximum atomic E-state index is 13.8. The predicted octanol–water partition coefficient (Wildman–Crippen LogP) is 4.66. The molecule has 0 spiro atoms. The topological polar surface area (TPSA) is 98.5 Å². The number of nitrogens with zero attached hydrogens (tertiary/aromatic N) is 4. The Labute approximate surface area is 203 Å². The average Bonchev–Trinajstić information content (AvgIpc) is 3.27. The highest BCUT2D eigenvalue weighted by Crippen LogP contribution is 2.31. The summed E-state index contributed by atoms with van der Waals surface area (Å²) in [6.07, 6.45) is 0. The number of anilines is 1. The van der Waals surface area contributed by atoms with Crippen LogP contribution in [0.25, 0.3) is 16.6 Å². The number of hydrogen-bond donors (Lipinski definition) is 1. The summed E-state index contributed by atoms with van der Waals surface area (Å²) in [7, 11) is -2.33. The lowest BCUT2D eigenvalue weighted by Gasteiger charge is -2.12. The first-order chi connectivity index (χ1) is 16.8. The van der Waals surface area contributed by atoms with E-state index in [2.05, 4.69) is 15.6 Å². The molecule has 3 aromatic carbocycles.